The summed E-state index contributed by atoms with van der Waals surface area (Å²) >= 11 is 3.43. The van der Waals surface area contributed by atoms with E-state index in [4.69, 9.17) is 4.74 Å². The van der Waals surface area contributed by atoms with Gasteiger partial charge in [0.1, 0.15) is 5.75 Å². The van der Waals surface area contributed by atoms with Crippen LogP contribution in [0.15, 0.2) is 37.4 Å². The van der Waals surface area contributed by atoms with Gasteiger partial charge in [0.2, 0.25) is 5.95 Å². The average molecular weight is 463 g/mol. The van der Waals surface area contributed by atoms with Crippen molar-refractivity contribution in [2.75, 3.05) is 12.5 Å². The molecule has 3 rings (SSSR count). The van der Waals surface area contributed by atoms with Crippen molar-refractivity contribution in [3.8, 4) is 5.75 Å². The number of aromatic nitrogens is 4. The molecule has 0 radical (unpaired) electrons. The molecule has 0 aliphatic rings. The Morgan fingerprint density at radius 2 is 2.03 bits per heavy atom. The minimum atomic E-state index is -0.420. The quantitative estimate of drug-likeness (QED) is 0.429. The fourth-order valence-corrected chi connectivity index (χ4v) is 3.41. The van der Waals surface area contributed by atoms with E-state index >= 15 is 0 Å². The molecular formula is C19H23BrN6O3. The second-order valence-electron chi connectivity index (χ2n) is 6.57. The second-order valence-corrected chi connectivity index (χ2v) is 7.49. The van der Waals surface area contributed by atoms with E-state index in [-0.39, 0.29) is 5.56 Å². The zero-order valence-electron chi connectivity index (χ0n) is 16.8. The number of imidazole rings is 1. The highest BCUT2D eigenvalue weighted by atomic mass is 79.9. The smallest absolute Gasteiger partial charge is 0.332 e. The Morgan fingerprint density at radius 3 is 2.72 bits per heavy atom. The van der Waals surface area contributed by atoms with E-state index in [0.717, 1.165) is 27.4 Å². The third kappa shape index (κ3) is 3.98. The number of benzene rings is 1. The SMILES string of the molecule is CCCCn1c(N/N=C\c2cc(Br)ccc2OC)nc2c1c(=O)n(C)c(=O)n2C. The van der Waals surface area contributed by atoms with Crippen molar-refractivity contribution < 1.29 is 4.74 Å². The van der Waals surface area contributed by atoms with Crippen molar-refractivity contribution in [2.45, 2.75) is 26.3 Å². The first-order chi connectivity index (χ1) is 13.9. The molecule has 1 N–H and O–H groups in total. The van der Waals surface area contributed by atoms with Crippen LogP contribution in [0.25, 0.3) is 11.2 Å². The summed E-state index contributed by atoms with van der Waals surface area (Å²) in [4.78, 5) is 29.4. The van der Waals surface area contributed by atoms with Crippen molar-refractivity contribution in [3.63, 3.8) is 0 Å². The predicted molar refractivity (Wildman–Crippen MR) is 117 cm³/mol. The van der Waals surface area contributed by atoms with Crippen molar-refractivity contribution >= 4 is 39.3 Å². The van der Waals surface area contributed by atoms with Crippen LogP contribution in [-0.2, 0) is 20.6 Å². The predicted octanol–water partition coefficient (Wildman–Crippen LogP) is 2.45. The van der Waals surface area contributed by atoms with Crippen LogP contribution < -0.4 is 21.4 Å². The van der Waals surface area contributed by atoms with Crippen LogP contribution in [0.1, 0.15) is 25.3 Å². The van der Waals surface area contributed by atoms with Crippen LogP contribution in [-0.4, -0.2) is 32.0 Å². The van der Waals surface area contributed by atoms with Crippen molar-refractivity contribution in [2.24, 2.45) is 19.2 Å². The molecule has 0 bridgehead atoms. The maximum Gasteiger partial charge on any atom is 0.332 e. The number of nitrogens with one attached hydrogen (secondary N) is 1. The Hall–Kier alpha value is -2.88. The number of hydrogen-bond acceptors (Lipinski definition) is 6. The number of unbranched alkanes of at least 4 members (excludes halogenated alkanes) is 1. The molecule has 0 saturated carbocycles. The number of nitrogens with zero attached hydrogens (tertiary/aromatic N) is 5. The van der Waals surface area contributed by atoms with E-state index in [1.807, 2.05) is 18.2 Å². The highest BCUT2D eigenvalue weighted by Crippen LogP contribution is 2.22. The fraction of sp³-hybridized carbons (Fsp3) is 0.368. The maximum absolute atomic E-state index is 12.7. The molecular weight excluding hydrogens is 440 g/mol. The summed E-state index contributed by atoms with van der Waals surface area (Å²) in [6.07, 6.45) is 3.42. The third-order valence-electron chi connectivity index (χ3n) is 4.64. The minimum Gasteiger partial charge on any atom is -0.496 e. The van der Waals surface area contributed by atoms with Gasteiger partial charge in [0.25, 0.3) is 5.56 Å². The number of halogens is 1. The molecule has 0 aliphatic carbocycles. The first-order valence-electron chi connectivity index (χ1n) is 9.17. The number of hydrazone groups is 1. The standard InChI is InChI=1S/C19H23BrN6O3/c1-5-6-9-26-15-16(24(2)19(28)25(3)17(15)27)22-18(26)23-21-11-12-10-13(20)7-8-14(12)29-4/h7-8,10-11H,5-6,9H2,1-4H3,(H,22,23)/b21-11-. The summed E-state index contributed by atoms with van der Waals surface area (Å²) in [7, 11) is 4.65. The average Bonchev–Trinajstić information content (AvgIpc) is 3.07. The molecule has 0 spiro atoms. The summed E-state index contributed by atoms with van der Waals surface area (Å²) in [6, 6.07) is 5.59. The van der Waals surface area contributed by atoms with Gasteiger partial charge in [0.05, 0.1) is 13.3 Å². The Morgan fingerprint density at radius 1 is 1.28 bits per heavy atom. The summed E-state index contributed by atoms with van der Waals surface area (Å²) in [5.41, 5.74) is 3.59. The normalized spacial score (nSPS) is 11.5. The van der Waals surface area contributed by atoms with Gasteiger partial charge in [-0.25, -0.2) is 10.2 Å². The van der Waals surface area contributed by atoms with Crippen molar-refractivity contribution in [1.29, 1.82) is 0 Å². The summed E-state index contributed by atoms with van der Waals surface area (Å²) in [5, 5.41) is 4.27. The first kappa shape index (κ1) is 20.8. The molecule has 0 saturated heterocycles. The van der Waals surface area contributed by atoms with Crippen LogP contribution in [0.2, 0.25) is 0 Å². The lowest BCUT2D eigenvalue weighted by Gasteiger charge is -2.08. The van der Waals surface area contributed by atoms with E-state index in [2.05, 4.69) is 38.4 Å². The molecule has 0 unspecified atom stereocenters. The topological polar surface area (TPSA) is 95.4 Å². The van der Waals surface area contributed by atoms with E-state index in [9.17, 15) is 9.59 Å². The van der Waals surface area contributed by atoms with Gasteiger partial charge >= 0.3 is 5.69 Å². The Bertz CT molecular complexity index is 1190. The van der Waals surface area contributed by atoms with E-state index in [1.54, 1.807) is 24.9 Å². The monoisotopic (exact) mass is 462 g/mol. The van der Waals surface area contributed by atoms with Gasteiger partial charge in [0, 0.05) is 30.7 Å². The number of aryl methyl sites for hydroxylation is 2. The van der Waals surface area contributed by atoms with Crippen LogP contribution >= 0.6 is 15.9 Å². The number of anilines is 1. The largest absolute Gasteiger partial charge is 0.496 e. The van der Waals surface area contributed by atoms with Crippen LogP contribution in [0.5, 0.6) is 5.75 Å². The molecule has 2 heterocycles. The highest BCUT2D eigenvalue weighted by Gasteiger charge is 2.18. The van der Waals surface area contributed by atoms with Crippen LogP contribution in [0.4, 0.5) is 5.95 Å². The van der Waals surface area contributed by atoms with Gasteiger partial charge < -0.3 is 9.30 Å². The van der Waals surface area contributed by atoms with Crippen molar-refractivity contribution in [1.82, 2.24) is 18.7 Å². The maximum atomic E-state index is 12.7. The van der Waals surface area contributed by atoms with Crippen LogP contribution in [0.3, 0.4) is 0 Å². The van der Waals surface area contributed by atoms with Gasteiger partial charge in [-0.2, -0.15) is 10.1 Å². The molecule has 0 fully saturated rings. The Labute approximate surface area is 175 Å². The third-order valence-corrected chi connectivity index (χ3v) is 5.14. The highest BCUT2D eigenvalue weighted by molar-refractivity contribution is 9.10. The molecule has 10 heteroatoms. The van der Waals surface area contributed by atoms with Gasteiger partial charge in [-0.1, -0.05) is 29.3 Å². The zero-order chi connectivity index (χ0) is 21.1. The summed E-state index contributed by atoms with van der Waals surface area (Å²) in [6.45, 7) is 2.65. The summed E-state index contributed by atoms with van der Waals surface area (Å²) in [5.74, 6) is 1.08. The molecule has 0 aliphatic heterocycles. The van der Waals surface area contributed by atoms with Gasteiger partial charge in [-0.15, -0.1) is 0 Å². The van der Waals surface area contributed by atoms with E-state index in [1.165, 1.54) is 11.6 Å². The molecule has 1 aromatic carbocycles. The van der Waals surface area contributed by atoms with E-state index < -0.39 is 5.69 Å². The number of fused-ring (bicyclic) bond motifs is 1. The van der Waals surface area contributed by atoms with Crippen molar-refractivity contribution in [3.05, 3.63) is 49.1 Å². The molecule has 9 nitrogen and oxygen atoms in total. The fourth-order valence-electron chi connectivity index (χ4n) is 3.03. The van der Waals surface area contributed by atoms with Crippen LogP contribution in [0, 0.1) is 0 Å². The lowest BCUT2D eigenvalue weighted by molar-refractivity contribution is 0.414. The zero-order valence-corrected chi connectivity index (χ0v) is 18.4. The number of ether oxygens (including phenoxy) is 1. The lowest BCUT2D eigenvalue weighted by atomic mass is 10.2. The minimum absolute atomic E-state index is 0.326. The van der Waals surface area contributed by atoms with Gasteiger partial charge in [0.15, 0.2) is 11.2 Å². The Kier molecular flexibility index (Phi) is 6.21. The number of rotatable bonds is 7. The van der Waals surface area contributed by atoms with Gasteiger partial charge in [-0.05, 0) is 24.6 Å². The molecule has 2 aromatic heterocycles. The molecule has 154 valence electrons. The second kappa shape index (κ2) is 8.64. The van der Waals surface area contributed by atoms with Gasteiger partial charge in [-0.3, -0.25) is 13.9 Å². The summed E-state index contributed by atoms with van der Waals surface area (Å²) < 4.78 is 10.5. The number of methoxy groups -OCH3 is 1. The van der Waals surface area contributed by atoms with E-state index in [0.29, 0.717) is 29.4 Å². The Balaban J connectivity index is 2.06. The first-order valence-corrected chi connectivity index (χ1v) is 9.97. The molecule has 3 aromatic rings. The molecule has 0 atom stereocenters. The molecule has 0 amide bonds. The molecule has 29 heavy (non-hydrogen) atoms. The number of hydrogen-bond donors (Lipinski definition) is 1. The lowest BCUT2D eigenvalue weighted by Crippen LogP contribution is -2.37.